The molecule has 210 valence electrons. The summed E-state index contributed by atoms with van der Waals surface area (Å²) >= 11 is 12.4. The van der Waals surface area contributed by atoms with Crippen LogP contribution < -0.4 is 11.1 Å². The maximum atomic E-state index is 10.9. The van der Waals surface area contributed by atoms with Crippen molar-refractivity contribution in [2.45, 2.75) is 61.3 Å². The van der Waals surface area contributed by atoms with Gasteiger partial charge in [-0.3, -0.25) is 0 Å². The number of nitrogens with two attached hydrogens (primary N) is 1. The molecule has 17 heteroatoms. The first-order valence-corrected chi connectivity index (χ1v) is 12.1. The third kappa shape index (κ3) is 5.65. The van der Waals surface area contributed by atoms with Crippen molar-refractivity contribution in [3.8, 4) is 11.3 Å². The number of anilines is 2. The predicted molar refractivity (Wildman–Crippen MR) is 130 cm³/mol. The number of nitrogens with one attached hydrogen (secondary N) is 1. The van der Waals surface area contributed by atoms with Gasteiger partial charge in [0.15, 0.2) is 18.3 Å². The number of rotatable bonds is 7. The standard InChI is InChI=1S/C21H27Cl2N5O10/c22-7-3-1-2-6(10(7)23)11-18(26-21(24)28-27-11)25-19-15(34)14(33)17(9(5-30)36-19)38-20-16(35)13(32)12(31)8(4-29)37-20/h1-3,8-9,12-17,19-20,29-35H,4-5H2,(H3,24,25,26,28)/t8-,9-,12+,13+,14-,15-,16-,17-,19?,20+/m1/s1. The Hall–Kier alpha value is -1.99. The van der Waals surface area contributed by atoms with E-state index in [9.17, 15) is 35.7 Å². The molecule has 4 rings (SSSR count). The fourth-order valence-corrected chi connectivity index (χ4v) is 4.54. The largest absolute Gasteiger partial charge is 0.394 e. The summed E-state index contributed by atoms with van der Waals surface area (Å²) in [6.07, 6.45) is -15.7. The van der Waals surface area contributed by atoms with Crippen LogP contribution in [0.5, 0.6) is 0 Å². The first-order valence-electron chi connectivity index (χ1n) is 11.4. The van der Waals surface area contributed by atoms with Crippen molar-refractivity contribution in [2.24, 2.45) is 0 Å². The van der Waals surface area contributed by atoms with E-state index < -0.39 is 74.6 Å². The molecule has 0 bridgehead atoms. The molecule has 2 aromatic rings. The van der Waals surface area contributed by atoms with Gasteiger partial charge in [0, 0.05) is 5.56 Å². The Morgan fingerprint density at radius 1 is 0.895 bits per heavy atom. The Morgan fingerprint density at radius 2 is 1.61 bits per heavy atom. The van der Waals surface area contributed by atoms with E-state index in [1.165, 1.54) is 0 Å². The van der Waals surface area contributed by atoms with Crippen LogP contribution >= 0.6 is 23.2 Å². The summed E-state index contributed by atoms with van der Waals surface area (Å²) in [4.78, 5) is 4.08. The molecule has 10 N–H and O–H groups in total. The molecule has 1 aromatic heterocycles. The van der Waals surface area contributed by atoms with Crippen molar-refractivity contribution >= 4 is 35.0 Å². The molecule has 0 spiro atoms. The first-order chi connectivity index (χ1) is 18.1. The SMILES string of the molecule is Nc1nnc(-c2cccc(Cl)c2Cl)c(NC2O[C@H](CO)[C@@H](O[C@@H]3O[C@H](CO)[C@H](O)[C@H](O)[C@H]3O)[C@H](O)[C@H]2O)n1. The fourth-order valence-electron chi connectivity index (χ4n) is 4.15. The normalized spacial score (nSPS) is 35.7. The number of nitrogens with zero attached hydrogens (tertiary/aromatic N) is 3. The first kappa shape index (κ1) is 29.0. The van der Waals surface area contributed by atoms with Crippen molar-refractivity contribution < 1.29 is 50.0 Å². The summed E-state index contributed by atoms with van der Waals surface area (Å²) in [5.41, 5.74) is 6.11. The lowest BCUT2D eigenvalue weighted by Gasteiger charge is -2.46. The Labute approximate surface area is 225 Å². The average molecular weight is 580 g/mol. The second-order valence-corrected chi connectivity index (χ2v) is 9.45. The summed E-state index contributed by atoms with van der Waals surface area (Å²) in [5.74, 6) is -0.273. The Bertz CT molecular complexity index is 1120. The number of hydrogen-bond donors (Lipinski definition) is 9. The Morgan fingerprint density at radius 3 is 2.29 bits per heavy atom. The van der Waals surface area contributed by atoms with Gasteiger partial charge in [0.1, 0.15) is 54.5 Å². The van der Waals surface area contributed by atoms with E-state index in [-0.39, 0.29) is 27.5 Å². The number of hydrogen-bond acceptors (Lipinski definition) is 15. The van der Waals surface area contributed by atoms with Crippen molar-refractivity contribution in [3.05, 3.63) is 28.2 Å². The molecule has 10 atom stereocenters. The van der Waals surface area contributed by atoms with Gasteiger partial charge in [0.2, 0.25) is 5.95 Å². The number of ether oxygens (including phenoxy) is 3. The van der Waals surface area contributed by atoms with Crippen LogP contribution in [0.4, 0.5) is 11.8 Å². The van der Waals surface area contributed by atoms with Gasteiger partial charge in [-0.15, -0.1) is 10.2 Å². The smallest absolute Gasteiger partial charge is 0.242 e. The molecule has 0 radical (unpaired) electrons. The van der Waals surface area contributed by atoms with Crippen LogP contribution in [0, 0.1) is 0 Å². The summed E-state index contributed by atoms with van der Waals surface area (Å²) in [6.45, 7) is -1.43. The van der Waals surface area contributed by atoms with E-state index in [0.717, 1.165) is 0 Å². The Balaban J connectivity index is 1.56. The van der Waals surface area contributed by atoms with Crippen LogP contribution in [-0.2, 0) is 14.2 Å². The minimum absolute atomic E-state index is 0.0390. The number of aromatic nitrogens is 3. The van der Waals surface area contributed by atoms with Crippen molar-refractivity contribution in [3.63, 3.8) is 0 Å². The van der Waals surface area contributed by atoms with Crippen molar-refractivity contribution in [1.82, 2.24) is 15.2 Å². The van der Waals surface area contributed by atoms with Gasteiger partial charge in [-0.05, 0) is 6.07 Å². The zero-order valence-corrected chi connectivity index (χ0v) is 21.0. The number of aliphatic hydroxyl groups excluding tert-OH is 7. The molecule has 0 saturated carbocycles. The highest BCUT2D eigenvalue weighted by molar-refractivity contribution is 6.43. The van der Waals surface area contributed by atoms with Gasteiger partial charge >= 0.3 is 0 Å². The summed E-state index contributed by atoms with van der Waals surface area (Å²) in [6, 6.07) is 4.77. The molecule has 38 heavy (non-hydrogen) atoms. The van der Waals surface area contributed by atoms with E-state index >= 15 is 0 Å². The number of nitrogen functional groups attached to an aromatic ring is 1. The van der Waals surface area contributed by atoms with Gasteiger partial charge < -0.3 is 61.0 Å². The van der Waals surface area contributed by atoms with Crippen LogP contribution in [0.15, 0.2) is 18.2 Å². The quantitative estimate of drug-likeness (QED) is 0.164. The minimum atomic E-state index is -1.78. The highest BCUT2D eigenvalue weighted by atomic mass is 35.5. The summed E-state index contributed by atoms with van der Waals surface area (Å²) < 4.78 is 16.6. The third-order valence-corrected chi connectivity index (χ3v) is 7.01. The lowest BCUT2D eigenvalue weighted by molar-refractivity contribution is -0.340. The average Bonchev–Trinajstić information content (AvgIpc) is 2.90. The number of benzene rings is 1. The van der Waals surface area contributed by atoms with E-state index in [0.29, 0.717) is 5.56 Å². The number of aliphatic hydroxyl groups is 7. The molecule has 0 aliphatic carbocycles. The number of halogens is 2. The zero-order valence-electron chi connectivity index (χ0n) is 19.4. The molecule has 2 fully saturated rings. The lowest BCUT2D eigenvalue weighted by atomic mass is 9.96. The van der Waals surface area contributed by atoms with E-state index in [1.807, 2.05) is 0 Å². The highest BCUT2D eigenvalue weighted by Gasteiger charge is 2.50. The van der Waals surface area contributed by atoms with Gasteiger partial charge in [0.25, 0.3) is 0 Å². The van der Waals surface area contributed by atoms with E-state index in [1.54, 1.807) is 18.2 Å². The lowest BCUT2D eigenvalue weighted by Crippen LogP contribution is -2.65. The molecule has 2 saturated heterocycles. The summed E-state index contributed by atoms with van der Waals surface area (Å²) in [5, 5.41) is 82.1. The van der Waals surface area contributed by atoms with Gasteiger partial charge in [0.05, 0.1) is 23.3 Å². The van der Waals surface area contributed by atoms with Crippen molar-refractivity contribution in [2.75, 3.05) is 24.3 Å². The molecule has 2 aliphatic rings. The third-order valence-electron chi connectivity index (χ3n) is 6.19. The molecule has 0 amide bonds. The maximum Gasteiger partial charge on any atom is 0.242 e. The van der Waals surface area contributed by atoms with Gasteiger partial charge in [-0.1, -0.05) is 35.3 Å². The molecule has 3 heterocycles. The summed E-state index contributed by atoms with van der Waals surface area (Å²) in [7, 11) is 0. The van der Waals surface area contributed by atoms with E-state index in [4.69, 9.17) is 43.1 Å². The topological polar surface area (TPSA) is 246 Å². The van der Waals surface area contributed by atoms with E-state index in [2.05, 4.69) is 20.5 Å². The van der Waals surface area contributed by atoms with Crippen LogP contribution in [0.2, 0.25) is 10.0 Å². The molecular formula is C21H27Cl2N5O10. The molecular weight excluding hydrogens is 553 g/mol. The van der Waals surface area contributed by atoms with Crippen LogP contribution in [0.1, 0.15) is 0 Å². The molecule has 1 aromatic carbocycles. The van der Waals surface area contributed by atoms with Crippen molar-refractivity contribution in [1.29, 1.82) is 0 Å². The zero-order chi connectivity index (χ0) is 27.7. The van der Waals surface area contributed by atoms with Gasteiger partial charge in [-0.2, -0.15) is 4.98 Å². The Kier molecular flexibility index (Phi) is 9.18. The maximum absolute atomic E-state index is 10.9. The molecule has 2 aliphatic heterocycles. The molecule has 1 unspecified atom stereocenters. The van der Waals surface area contributed by atoms with Gasteiger partial charge in [-0.25, -0.2) is 0 Å². The second kappa shape index (κ2) is 12.0. The monoisotopic (exact) mass is 579 g/mol. The minimum Gasteiger partial charge on any atom is -0.394 e. The highest BCUT2D eigenvalue weighted by Crippen LogP contribution is 2.36. The predicted octanol–water partition coefficient (Wildman–Crippen LogP) is -2.54. The van der Waals surface area contributed by atoms with Crippen LogP contribution in [-0.4, -0.2) is 125 Å². The van der Waals surface area contributed by atoms with Crippen LogP contribution in [0.25, 0.3) is 11.3 Å². The fraction of sp³-hybridized carbons (Fsp3) is 0.571. The van der Waals surface area contributed by atoms with Crippen LogP contribution in [0.3, 0.4) is 0 Å². The second-order valence-electron chi connectivity index (χ2n) is 8.67. The molecule has 15 nitrogen and oxygen atoms in total.